The van der Waals surface area contributed by atoms with Crippen LogP contribution in [0.1, 0.15) is 15.9 Å². The zero-order valence-electron chi connectivity index (χ0n) is 15.8. The third-order valence-corrected chi connectivity index (χ3v) is 4.65. The summed E-state index contributed by atoms with van der Waals surface area (Å²) in [4.78, 5) is 29.0. The third kappa shape index (κ3) is 3.82. The van der Waals surface area contributed by atoms with Crippen LogP contribution in [0.3, 0.4) is 0 Å². The molecule has 1 N–H and O–H groups in total. The Hall–Kier alpha value is -3.88. The maximum Gasteiger partial charge on any atom is 0.264 e. The minimum Gasteiger partial charge on any atom is -0.350 e. The SMILES string of the molecule is O=C(NCCn1ncc2c(=O)n(Cc3ccccc3F)cnc21)c1ccccc1F. The van der Waals surface area contributed by atoms with Gasteiger partial charge in [-0.25, -0.2) is 18.4 Å². The minimum atomic E-state index is -0.600. The second-order valence-electron chi connectivity index (χ2n) is 6.61. The molecular weight excluding hydrogens is 392 g/mol. The average molecular weight is 409 g/mol. The van der Waals surface area contributed by atoms with Gasteiger partial charge in [0.1, 0.15) is 23.3 Å². The Bertz CT molecular complexity index is 1280. The Balaban J connectivity index is 1.48. The van der Waals surface area contributed by atoms with Crippen LogP contribution < -0.4 is 10.9 Å². The number of halogens is 2. The van der Waals surface area contributed by atoms with E-state index < -0.39 is 17.5 Å². The van der Waals surface area contributed by atoms with Gasteiger partial charge in [-0.1, -0.05) is 30.3 Å². The Kier molecular flexibility index (Phi) is 5.34. The van der Waals surface area contributed by atoms with Crippen molar-refractivity contribution in [2.75, 3.05) is 6.54 Å². The first-order chi connectivity index (χ1) is 14.5. The van der Waals surface area contributed by atoms with Gasteiger partial charge < -0.3 is 5.32 Å². The lowest BCUT2D eigenvalue weighted by molar-refractivity contribution is 0.0948. The highest BCUT2D eigenvalue weighted by molar-refractivity contribution is 5.94. The van der Waals surface area contributed by atoms with E-state index in [0.29, 0.717) is 11.2 Å². The Morgan fingerprint density at radius 2 is 1.77 bits per heavy atom. The molecule has 0 saturated carbocycles. The molecule has 0 fully saturated rings. The number of fused-ring (bicyclic) bond motifs is 1. The van der Waals surface area contributed by atoms with Crippen LogP contribution in [0.15, 0.2) is 65.8 Å². The zero-order chi connectivity index (χ0) is 21.1. The molecule has 1 amide bonds. The van der Waals surface area contributed by atoms with Gasteiger partial charge in [-0.05, 0) is 18.2 Å². The summed E-state index contributed by atoms with van der Waals surface area (Å²) >= 11 is 0. The summed E-state index contributed by atoms with van der Waals surface area (Å²) < 4.78 is 30.3. The van der Waals surface area contributed by atoms with E-state index in [-0.39, 0.29) is 36.1 Å². The topological polar surface area (TPSA) is 81.8 Å². The molecule has 2 aromatic heterocycles. The maximum absolute atomic E-state index is 13.9. The van der Waals surface area contributed by atoms with Crippen LogP contribution in [0.4, 0.5) is 8.78 Å². The van der Waals surface area contributed by atoms with E-state index in [0.717, 1.165) is 0 Å². The van der Waals surface area contributed by atoms with Crippen molar-refractivity contribution in [3.05, 3.63) is 94.2 Å². The molecule has 2 heterocycles. The lowest BCUT2D eigenvalue weighted by Gasteiger charge is -2.08. The van der Waals surface area contributed by atoms with Crippen molar-refractivity contribution in [3.8, 4) is 0 Å². The van der Waals surface area contributed by atoms with Gasteiger partial charge in [-0.15, -0.1) is 0 Å². The fourth-order valence-corrected chi connectivity index (χ4v) is 3.10. The van der Waals surface area contributed by atoms with Gasteiger partial charge >= 0.3 is 0 Å². The highest BCUT2D eigenvalue weighted by Crippen LogP contribution is 2.10. The summed E-state index contributed by atoms with van der Waals surface area (Å²) in [7, 11) is 0. The molecule has 2 aromatic carbocycles. The molecule has 30 heavy (non-hydrogen) atoms. The molecule has 0 aliphatic heterocycles. The predicted molar refractivity (Wildman–Crippen MR) is 106 cm³/mol. The van der Waals surface area contributed by atoms with E-state index in [4.69, 9.17) is 0 Å². The van der Waals surface area contributed by atoms with Crippen LogP contribution in [-0.2, 0) is 13.1 Å². The van der Waals surface area contributed by atoms with Crippen LogP contribution in [0.25, 0.3) is 11.0 Å². The Labute approximate surface area is 169 Å². The lowest BCUT2D eigenvalue weighted by atomic mass is 10.2. The third-order valence-electron chi connectivity index (χ3n) is 4.65. The first-order valence-corrected chi connectivity index (χ1v) is 9.21. The molecule has 152 valence electrons. The molecule has 4 aromatic rings. The summed E-state index contributed by atoms with van der Waals surface area (Å²) in [5.74, 6) is -1.54. The van der Waals surface area contributed by atoms with E-state index in [1.54, 1.807) is 24.3 Å². The molecule has 0 aliphatic carbocycles. The van der Waals surface area contributed by atoms with Crippen molar-refractivity contribution in [1.82, 2.24) is 24.6 Å². The van der Waals surface area contributed by atoms with Gasteiger partial charge in [-0.3, -0.25) is 14.2 Å². The molecule has 0 spiro atoms. The van der Waals surface area contributed by atoms with Crippen molar-refractivity contribution in [2.45, 2.75) is 13.1 Å². The lowest BCUT2D eigenvalue weighted by Crippen LogP contribution is -2.28. The molecule has 7 nitrogen and oxygen atoms in total. The standard InChI is InChI=1S/C21H17F2N5O2/c22-17-7-3-1-5-14(17)12-27-13-25-19-16(21(27)30)11-26-28(19)10-9-24-20(29)15-6-2-4-8-18(15)23/h1-8,11,13H,9-10,12H2,(H,24,29). The molecule has 0 bridgehead atoms. The average Bonchev–Trinajstić information content (AvgIpc) is 3.15. The van der Waals surface area contributed by atoms with Crippen molar-refractivity contribution >= 4 is 16.9 Å². The Morgan fingerprint density at radius 3 is 2.53 bits per heavy atom. The van der Waals surface area contributed by atoms with Crippen molar-refractivity contribution in [3.63, 3.8) is 0 Å². The van der Waals surface area contributed by atoms with Gasteiger partial charge in [0, 0.05) is 12.1 Å². The number of carbonyl (C=O) groups excluding carboxylic acids is 1. The van der Waals surface area contributed by atoms with E-state index in [1.165, 1.54) is 46.0 Å². The van der Waals surface area contributed by atoms with Crippen LogP contribution in [0.5, 0.6) is 0 Å². The van der Waals surface area contributed by atoms with Crippen LogP contribution >= 0.6 is 0 Å². The number of benzene rings is 2. The molecule has 0 unspecified atom stereocenters. The minimum absolute atomic E-state index is 0.0445. The number of aromatic nitrogens is 4. The summed E-state index contributed by atoms with van der Waals surface area (Å²) in [6, 6.07) is 11.9. The fourth-order valence-electron chi connectivity index (χ4n) is 3.10. The number of amides is 1. The first kappa shape index (κ1) is 19.4. The van der Waals surface area contributed by atoms with Crippen LogP contribution in [0.2, 0.25) is 0 Å². The van der Waals surface area contributed by atoms with Crippen molar-refractivity contribution < 1.29 is 13.6 Å². The van der Waals surface area contributed by atoms with Gasteiger partial charge in [0.2, 0.25) is 0 Å². The summed E-state index contributed by atoms with van der Waals surface area (Å²) in [6.45, 7) is 0.468. The van der Waals surface area contributed by atoms with Crippen LogP contribution in [-0.4, -0.2) is 31.8 Å². The van der Waals surface area contributed by atoms with Crippen molar-refractivity contribution in [2.24, 2.45) is 0 Å². The normalized spacial score (nSPS) is 11.0. The predicted octanol–water partition coefficient (Wildman–Crippen LogP) is 2.35. The van der Waals surface area contributed by atoms with Gasteiger partial charge in [-0.2, -0.15) is 5.10 Å². The molecular formula is C21H17F2N5O2. The van der Waals surface area contributed by atoms with E-state index in [2.05, 4.69) is 15.4 Å². The number of carbonyl (C=O) groups is 1. The number of rotatable bonds is 6. The highest BCUT2D eigenvalue weighted by atomic mass is 19.1. The summed E-state index contributed by atoms with van der Waals surface area (Å²) in [6.07, 6.45) is 2.73. The first-order valence-electron chi connectivity index (χ1n) is 9.21. The smallest absolute Gasteiger partial charge is 0.264 e. The molecule has 0 aliphatic rings. The number of nitrogens with one attached hydrogen (secondary N) is 1. The number of hydrogen-bond acceptors (Lipinski definition) is 4. The van der Waals surface area contributed by atoms with E-state index in [1.807, 2.05) is 0 Å². The zero-order valence-corrected chi connectivity index (χ0v) is 15.8. The number of hydrogen-bond donors (Lipinski definition) is 1. The largest absolute Gasteiger partial charge is 0.350 e. The molecule has 0 atom stereocenters. The van der Waals surface area contributed by atoms with E-state index >= 15 is 0 Å². The van der Waals surface area contributed by atoms with Crippen LogP contribution in [0, 0.1) is 11.6 Å². The fraction of sp³-hybridized carbons (Fsp3) is 0.143. The number of nitrogens with zero attached hydrogens (tertiary/aromatic N) is 4. The van der Waals surface area contributed by atoms with Gasteiger partial charge in [0.15, 0.2) is 5.65 Å². The van der Waals surface area contributed by atoms with Crippen molar-refractivity contribution in [1.29, 1.82) is 0 Å². The highest BCUT2D eigenvalue weighted by Gasteiger charge is 2.13. The molecule has 9 heteroatoms. The molecule has 0 saturated heterocycles. The maximum atomic E-state index is 13.9. The molecule has 0 radical (unpaired) electrons. The van der Waals surface area contributed by atoms with E-state index in [9.17, 15) is 18.4 Å². The summed E-state index contributed by atoms with van der Waals surface area (Å²) in [5.41, 5.74) is 0.343. The van der Waals surface area contributed by atoms with Gasteiger partial charge in [0.05, 0.1) is 24.8 Å². The van der Waals surface area contributed by atoms with Gasteiger partial charge in [0.25, 0.3) is 11.5 Å². The summed E-state index contributed by atoms with van der Waals surface area (Å²) in [5, 5.41) is 7.05. The second kappa shape index (κ2) is 8.24. The second-order valence-corrected chi connectivity index (χ2v) is 6.61. The quantitative estimate of drug-likeness (QED) is 0.530. The Morgan fingerprint density at radius 1 is 1.03 bits per heavy atom. The monoisotopic (exact) mass is 409 g/mol. The molecule has 4 rings (SSSR count).